The van der Waals surface area contributed by atoms with Crippen LogP contribution in [0.25, 0.3) is 21.3 Å². The van der Waals surface area contributed by atoms with Crippen molar-refractivity contribution in [1.82, 2.24) is 9.47 Å². The van der Waals surface area contributed by atoms with Crippen LogP contribution < -0.4 is 0 Å². The molecule has 1 unspecified atom stereocenters. The van der Waals surface area contributed by atoms with E-state index >= 15 is 0 Å². The molecule has 0 saturated heterocycles. The van der Waals surface area contributed by atoms with Crippen molar-refractivity contribution >= 4 is 22.2 Å². The third-order valence-electron chi connectivity index (χ3n) is 3.81. The van der Waals surface area contributed by atoms with Crippen molar-refractivity contribution in [2.24, 2.45) is 0 Å². The molecule has 0 amide bonds. The zero-order chi connectivity index (χ0) is 14.1. The first-order valence-electron chi connectivity index (χ1n) is 7.01. The number of rotatable bonds is 4. The Labute approximate surface area is 124 Å². The van der Waals surface area contributed by atoms with Gasteiger partial charge >= 0.3 is 0 Å². The molecule has 0 fully saturated rings. The molecule has 0 aliphatic carbocycles. The maximum absolute atomic E-state index is 2.38. The van der Waals surface area contributed by atoms with E-state index in [0.29, 0.717) is 6.17 Å². The van der Waals surface area contributed by atoms with E-state index in [-0.39, 0.29) is 0 Å². The van der Waals surface area contributed by atoms with Crippen LogP contribution in [0, 0.1) is 0 Å². The van der Waals surface area contributed by atoms with Crippen LogP contribution in [0.2, 0.25) is 0 Å². The van der Waals surface area contributed by atoms with Gasteiger partial charge in [0.15, 0.2) is 0 Å². The number of thiophene rings is 1. The van der Waals surface area contributed by atoms with Crippen molar-refractivity contribution in [2.45, 2.75) is 19.5 Å². The van der Waals surface area contributed by atoms with E-state index in [0.717, 1.165) is 6.42 Å². The summed E-state index contributed by atoms with van der Waals surface area (Å²) in [6.45, 7) is 2.24. The Morgan fingerprint density at radius 3 is 2.70 bits per heavy atom. The van der Waals surface area contributed by atoms with Crippen molar-refractivity contribution in [3.05, 3.63) is 48.0 Å². The molecule has 0 saturated carbocycles. The summed E-state index contributed by atoms with van der Waals surface area (Å²) in [5.41, 5.74) is 2.62. The number of fused-ring (bicyclic) bond motifs is 1. The fraction of sp³-hybridized carbons (Fsp3) is 0.294. The van der Waals surface area contributed by atoms with Crippen molar-refractivity contribution in [1.29, 1.82) is 0 Å². The molecule has 2 heterocycles. The molecular weight excluding hydrogens is 264 g/mol. The van der Waals surface area contributed by atoms with Gasteiger partial charge in [0.2, 0.25) is 0 Å². The standard InChI is InChI=1S/C17H20N2S/c1-4-17(18(2)3)19-10-9-13-7-8-14(12-15(13)19)16-6-5-11-20-16/h5-12,17H,4H2,1-3H3. The van der Waals surface area contributed by atoms with Gasteiger partial charge in [-0.05, 0) is 55.0 Å². The minimum absolute atomic E-state index is 0.408. The molecule has 0 radical (unpaired) electrons. The Morgan fingerprint density at radius 1 is 1.20 bits per heavy atom. The van der Waals surface area contributed by atoms with Crippen molar-refractivity contribution in [3.63, 3.8) is 0 Å². The maximum Gasteiger partial charge on any atom is 0.0856 e. The number of aromatic nitrogens is 1. The lowest BCUT2D eigenvalue weighted by molar-refractivity contribution is 0.216. The van der Waals surface area contributed by atoms with Gasteiger partial charge < -0.3 is 4.57 Å². The first kappa shape index (κ1) is 13.4. The van der Waals surface area contributed by atoms with Gasteiger partial charge in [-0.2, -0.15) is 0 Å². The lowest BCUT2D eigenvalue weighted by Crippen LogP contribution is -2.24. The Kier molecular flexibility index (Phi) is 3.64. The van der Waals surface area contributed by atoms with Crippen molar-refractivity contribution in [2.75, 3.05) is 14.1 Å². The Bertz CT molecular complexity index is 695. The Hall–Kier alpha value is -1.58. The van der Waals surface area contributed by atoms with Gasteiger partial charge in [-0.15, -0.1) is 11.3 Å². The van der Waals surface area contributed by atoms with Gasteiger partial charge in [-0.3, -0.25) is 4.90 Å². The highest BCUT2D eigenvalue weighted by molar-refractivity contribution is 7.13. The highest BCUT2D eigenvalue weighted by atomic mass is 32.1. The zero-order valence-electron chi connectivity index (χ0n) is 12.2. The molecule has 2 nitrogen and oxygen atoms in total. The molecule has 2 aromatic heterocycles. The first-order chi connectivity index (χ1) is 9.70. The predicted octanol–water partition coefficient (Wildman–Crippen LogP) is 4.84. The monoisotopic (exact) mass is 284 g/mol. The molecule has 104 valence electrons. The highest BCUT2D eigenvalue weighted by Crippen LogP contribution is 2.30. The van der Waals surface area contributed by atoms with Crippen LogP contribution >= 0.6 is 11.3 Å². The molecule has 0 spiro atoms. The summed E-state index contributed by atoms with van der Waals surface area (Å²) >= 11 is 1.79. The highest BCUT2D eigenvalue weighted by Gasteiger charge is 2.13. The van der Waals surface area contributed by atoms with E-state index in [1.54, 1.807) is 11.3 Å². The van der Waals surface area contributed by atoms with Gasteiger partial charge in [-0.1, -0.05) is 25.1 Å². The molecule has 1 aromatic carbocycles. The van der Waals surface area contributed by atoms with Crippen LogP contribution in [0.4, 0.5) is 0 Å². The van der Waals surface area contributed by atoms with Crippen molar-refractivity contribution in [3.8, 4) is 10.4 Å². The average Bonchev–Trinajstić information content (AvgIpc) is 3.08. The second-order valence-electron chi connectivity index (χ2n) is 5.33. The molecule has 3 heteroatoms. The van der Waals surface area contributed by atoms with Gasteiger partial charge in [0.05, 0.1) is 6.17 Å². The van der Waals surface area contributed by atoms with E-state index in [1.165, 1.54) is 21.3 Å². The van der Waals surface area contributed by atoms with Crippen LogP contribution in [0.5, 0.6) is 0 Å². The van der Waals surface area contributed by atoms with E-state index in [2.05, 4.69) is 78.5 Å². The summed E-state index contributed by atoms with van der Waals surface area (Å²) in [6.07, 6.45) is 3.71. The second-order valence-corrected chi connectivity index (χ2v) is 6.27. The van der Waals surface area contributed by atoms with Crippen LogP contribution in [0.1, 0.15) is 19.5 Å². The molecule has 0 aliphatic heterocycles. The van der Waals surface area contributed by atoms with Gasteiger partial charge in [0.1, 0.15) is 0 Å². The normalized spacial score (nSPS) is 13.2. The SMILES string of the molecule is CCC(N(C)C)n1ccc2ccc(-c3cccs3)cc21. The molecule has 20 heavy (non-hydrogen) atoms. The molecule has 0 bridgehead atoms. The quantitative estimate of drug-likeness (QED) is 0.665. The number of nitrogens with zero attached hydrogens (tertiary/aromatic N) is 2. The smallest absolute Gasteiger partial charge is 0.0856 e. The van der Waals surface area contributed by atoms with Crippen molar-refractivity contribution < 1.29 is 0 Å². The fourth-order valence-corrected chi connectivity index (χ4v) is 3.54. The summed E-state index contributed by atoms with van der Waals surface area (Å²) in [7, 11) is 4.28. The maximum atomic E-state index is 2.38. The van der Waals surface area contributed by atoms with Crippen LogP contribution in [0.15, 0.2) is 48.0 Å². The summed E-state index contributed by atoms with van der Waals surface area (Å²) in [6, 6.07) is 13.3. The lowest BCUT2D eigenvalue weighted by atomic mass is 10.1. The topological polar surface area (TPSA) is 8.17 Å². The Balaban J connectivity index is 2.12. The van der Waals surface area contributed by atoms with E-state index in [9.17, 15) is 0 Å². The van der Waals surface area contributed by atoms with Crippen LogP contribution in [0.3, 0.4) is 0 Å². The van der Waals surface area contributed by atoms with Gasteiger partial charge in [0.25, 0.3) is 0 Å². The van der Waals surface area contributed by atoms with E-state index in [4.69, 9.17) is 0 Å². The molecule has 0 aliphatic rings. The summed E-state index contributed by atoms with van der Waals surface area (Å²) in [5.74, 6) is 0. The average molecular weight is 284 g/mol. The van der Waals surface area contributed by atoms with Crippen LogP contribution in [-0.2, 0) is 0 Å². The molecule has 0 N–H and O–H groups in total. The summed E-state index contributed by atoms with van der Waals surface area (Å²) in [4.78, 5) is 3.61. The molecule has 3 aromatic rings. The van der Waals surface area contributed by atoms with E-state index < -0.39 is 0 Å². The third-order valence-corrected chi connectivity index (χ3v) is 4.73. The minimum atomic E-state index is 0.408. The number of hydrogen-bond donors (Lipinski definition) is 0. The number of benzene rings is 1. The number of hydrogen-bond acceptors (Lipinski definition) is 2. The Morgan fingerprint density at radius 2 is 2.05 bits per heavy atom. The third kappa shape index (κ3) is 2.28. The predicted molar refractivity (Wildman–Crippen MR) is 88.3 cm³/mol. The molecule has 3 rings (SSSR count). The van der Waals surface area contributed by atoms with Gasteiger partial charge in [-0.25, -0.2) is 0 Å². The summed E-state index contributed by atoms with van der Waals surface area (Å²) < 4.78 is 2.38. The first-order valence-corrected chi connectivity index (χ1v) is 7.89. The largest absolute Gasteiger partial charge is 0.331 e. The molecular formula is C17H20N2S. The van der Waals surface area contributed by atoms with Crippen LogP contribution in [-0.4, -0.2) is 23.6 Å². The lowest BCUT2D eigenvalue weighted by Gasteiger charge is -2.25. The zero-order valence-corrected chi connectivity index (χ0v) is 13.0. The minimum Gasteiger partial charge on any atom is -0.331 e. The molecule has 1 atom stereocenters. The van der Waals surface area contributed by atoms with E-state index in [1.807, 2.05) is 0 Å². The van der Waals surface area contributed by atoms with Gasteiger partial charge in [0, 0.05) is 16.6 Å². The fourth-order valence-electron chi connectivity index (χ4n) is 2.82. The second kappa shape index (κ2) is 5.43. The summed E-state index contributed by atoms with van der Waals surface area (Å²) in [5, 5.41) is 3.44.